The third-order valence-corrected chi connectivity index (χ3v) is 6.26. The van der Waals surface area contributed by atoms with Gasteiger partial charge in [-0.3, -0.25) is 0 Å². The maximum atomic E-state index is 12.2. The largest absolute Gasteiger partial charge is 0.245 e. The first kappa shape index (κ1) is 15.0. The highest BCUT2D eigenvalue weighted by Gasteiger charge is 2.26. The van der Waals surface area contributed by atoms with Crippen LogP contribution in [0, 0.1) is 6.92 Å². The number of aryl methyl sites for hydroxylation is 1. The molecular weight excluding hydrogens is 328 g/mol. The summed E-state index contributed by atoms with van der Waals surface area (Å²) >= 11 is 7.58. The van der Waals surface area contributed by atoms with Crippen LogP contribution in [-0.4, -0.2) is 13.4 Å². The van der Waals surface area contributed by atoms with E-state index in [1.165, 1.54) is 18.9 Å². The zero-order valence-corrected chi connectivity index (χ0v) is 13.9. The lowest BCUT2D eigenvalue weighted by Crippen LogP contribution is -2.23. The Kier molecular flexibility index (Phi) is 4.05. The molecule has 112 valence electrons. The second-order valence-electron chi connectivity index (χ2n) is 5.19. The lowest BCUT2D eigenvalue weighted by atomic mass is 10.2. The Labute approximate surface area is 133 Å². The molecule has 0 saturated heterocycles. The van der Waals surface area contributed by atoms with Crippen LogP contribution in [0.25, 0.3) is 0 Å². The van der Waals surface area contributed by atoms with Crippen LogP contribution in [0.3, 0.4) is 0 Å². The van der Waals surface area contributed by atoms with E-state index in [1.54, 1.807) is 23.5 Å². The van der Waals surface area contributed by atoms with Crippen molar-refractivity contribution in [2.75, 3.05) is 0 Å². The molecule has 1 saturated carbocycles. The van der Waals surface area contributed by atoms with E-state index in [1.807, 2.05) is 12.3 Å². The molecule has 0 spiro atoms. The summed E-state index contributed by atoms with van der Waals surface area (Å²) in [6.45, 7) is 2.04. The van der Waals surface area contributed by atoms with Gasteiger partial charge < -0.3 is 0 Å². The Morgan fingerprint density at radius 3 is 2.86 bits per heavy atom. The zero-order chi connectivity index (χ0) is 15.0. The number of rotatable bonds is 5. The molecule has 0 radical (unpaired) electrons. The van der Waals surface area contributed by atoms with Crippen LogP contribution in [0.15, 0.2) is 28.5 Å². The van der Waals surface area contributed by atoms with Gasteiger partial charge in [0.05, 0.1) is 22.1 Å². The molecule has 0 bridgehead atoms. The molecule has 1 heterocycles. The predicted molar refractivity (Wildman–Crippen MR) is 84.3 cm³/mol. The molecule has 0 atom stereocenters. The highest BCUT2D eigenvalue weighted by atomic mass is 35.5. The minimum absolute atomic E-state index is 0.177. The van der Waals surface area contributed by atoms with Crippen LogP contribution in [-0.2, 0) is 16.6 Å². The van der Waals surface area contributed by atoms with Gasteiger partial charge in [0.25, 0.3) is 0 Å². The van der Waals surface area contributed by atoms with Crippen LogP contribution >= 0.6 is 22.9 Å². The fourth-order valence-corrected chi connectivity index (χ4v) is 4.18. The number of sulfonamides is 1. The second kappa shape index (κ2) is 5.68. The van der Waals surface area contributed by atoms with E-state index in [-0.39, 0.29) is 11.4 Å². The molecule has 3 rings (SSSR count). The van der Waals surface area contributed by atoms with Crippen molar-refractivity contribution in [3.8, 4) is 0 Å². The lowest BCUT2D eigenvalue weighted by molar-refractivity contribution is 0.580. The van der Waals surface area contributed by atoms with Gasteiger partial charge in [-0.1, -0.05) is 17.7 Å². The van der Waals surface area contributed by atoms with Crippen molar-refractivity contribution >= 4 is 33.0 Å². The van der Waals surface area contributed by atoms with Gasteiger partial charge in [0, 0.05) is 16.3 Å². The molecule has 1 N–H and O–H groups in total. The minimum atomic E-state index is -3.56. The van der Waals surface area contributed by atoms with Crippen molar-refractivity contribution < 1.29 is 8.42 Å². The van der Waals surface area contributed by atoms with Crippen LogP contribution < -0.4 is 4.72 Å². The predicted octanol–water partition coefficient (Wildman–Crippen LogP) is 3.46. The van der Waals surface area contributed by atoms with E-state index >= 15 is 0 Å². The van der Waals surface area contributed by atoms with Gasteiger partial charge in [0.1, 0.15) is 0 Å². The van der Waals surface area contributed by atoms with Gasteiger partial charge in [0.15, 0.2) is 0 Å². The van der Waals surface area contributed by atoms with Gasteiger partial charge in [-0.05, 0) is 37.5 Å². The number of hydrogen-bond donors (Lipinski definition) is 1. The quantitative estimate of drug-likeness (QED) is 0.905. The number of thiazole rings is 1. The number of halogens is 1. The molecular formula is C14H15ClN2O2S2. The monoisotopic (exact) mass is 342 g/mol. The maximum absolute atomic E-state index is 12.2. The van der Waals surface area contributed by atoms with Crippen molar-refractivity contribution in [3.63, 3.8) is 0 Å². The molecule has 1 fully saturated rings. The number of benzene rings is 1. The summed E-state index contributed by atoms with van der Waals surface area (Å²) in [5.74, 6) is 0.594. The first-order valence-electron chi connectivity index (χ1n) is 6.66. The van der Waals surface area contributed by atoms with Crippen LogP contribution in [0.4, 0.5) is 0 Å². The number of aromatic nitrogens is 1. The van der Waals surface area contributed by atoms with Crippen LogP contribution in [0.1, 0.15) is 35.0 Å². The summed E-state index contributed by atoms with van der Waals surface area (Å²) in [5, 5.41) is 3.48. The van der Waals surface area contributed by atoms with E-state index in [9.17, 15) is 8.42 Å². The van der Waals surface area contributed by atoms with Gasteiger partial charge >= 0.3 is 0 Å². The van der Waals surface area contributed by atoms with E-state index in [0.717, 1.165) is 16.3 Å². The third kappa shape index (κ3) is 3.45. The Hall–Kier alpha value is -0.950. The summed E-state index contributed by atoms with van der Waals surface area (Å²) in [5.41, 5.74) is 1.62. The molecule has 1 aromatic carbocycles. The highest BCUT2D eigenvalue weighted by Crippen LogP contribution is 2.41. The number of nitrogens with zero attached hydrogens (tertiary/aromatic N) is 1. The highest BCUT2D eigenvalue weighted by molar-refractivity contribution is 7.89. The maximum Gasteiger partial charge on any atom is 0.240 e. The molecule has 1 aromatic heterocycles. The normalized spacial score (nSPS) is 15.3. The molecule has 4 nitrogen and oxygen atoms in total. The molecule has 0 amide bonds. The minimum Gasteiger partial charge on any atom is -0.245 e. The lowest BCUT2D eigenvalue weighted by Gasteiger charge is -2.07. The number of nitrogens with one attached hydrogen (secondary N) is 1. The fourth-order valence-electron chi connectivity index (χ4n) is 1.91. The average molecular weight is 343 g/mol. The van der Waals surface area contributed by atoms with E-state index in [0.29, 0.717) is 10.9 Å². The van der Waals surface area contributed by atoms with Crippen molar-refractivity contribution in [1.29, 1.82) is 0 Å². The second-order valence-corrected chi connectivity index (χ2v) is 8.25. The Balaban J connectivity index is 1.71. The number of hydrogen-bond acceptors (Lipinski definition) is 4. The van der Waals surface area contributed by atoms with Crippen LogP contribution in [0.5, 0.6) is 0 Å². The van der Waals surface area contributed by atoms with Crippen molar-refractivity contribution in [3.05, 3.63) is 44.9 Å². The molecule has 7 heteroatoms. The first-order chi connectivity index (χ1) is 9.95. The van der Waals surface area contributed by atoms with E-state index in [2.05, 4.69) is 9.71 Å². The van der Waals surface area contributed by atoms with Crippen molar-refractivity contribution in [2.45, 2.75) is 37.1 Å². The Bertz CT molecular complexity index is 767. The van der Waals surface area contributed by atoms with Gasteiger partial charge in [0.2, 0.25) is 10.0 Å². The van der Waals surface area contributed by atoms with Crippen molar-refractivity contribution in [1.82, 2.24) is 9.71 Å². The summed E-state index contributed by atoms with van der Waals surface area (Å²) < 4.78 is 27.0. The van der Waals surface area contributed by atoms with Crippen LogP contribution in [0.2, 0.25) is 5.02 Å². The summed E-state index contributed by atoms with van der Waals surface area (Å²) in [6, 6.07) is 4.72. The first-order valence-corrected chi connectivity index (χ1v) is 9.40. The molecule has 0 aliphatic heterocycles. The molecule has 0 unspecified atom stereocenters. The summed E-state index contributed by atoms with van der Waals surface area (Å²) in [7, 11) is -3.56. The molecule has 2 aromatic rings. The van der Waals surface area contributed by atoms with Gasteiger partial charge in [-0.2, -0.15) is 0 Å². The Morgan fingerprint density at radius 2 is 2.19 bits per heavy atom. The average Bonchev–Trinajstić information content (AvgIpc) is 3.19. The third-order valence-electron chi connectivity index (χ3n) is 3.39. The smallest absolute Gasteiger partial charge is 0.240 e. The van der Waals surface area contributed by atoms with Gasteiger partial charge in [-0.15, -0.1) is 11.3 Å². The van der Waals surface area contributed by atoms with E-state index in [4.69, 9.17) is 11.6 Å². The molecule has 1 aliphatic carbocycles. The van der Waals surface area contributed by atoms with Gasteiger partial charge in [-0.25, -0.2) is 18.1 Å². The summed E-state index contributed by atoms with van der Waals surface area (Å²) in [6.07, 6.45) is 2.39. The molecule has 1 aliphatic rings. The Morgan fingerprint density at radius 1 is 1.43 bits per heavy atom. The SMILES string of the molecule is Cc1ccc(S(=O)(=O)NCc2csc(C3CC3)n2)cc1Cl. The summed E-state index contributed by atoms with van der Waals surface area (Å²) in [4.78, 5) is 4.64. The standard InChI is InChI=1S/C14H15ClN2O2S2/c1-9-2-5-12(6-13(9)15)21(18,19)16-7-11-8-20-14(17-11)10-3-4-10/h2,5-6,8,10,16H,3-4,7H2,1H3. The zero-order valence-electron chi connectivity index (χ0n) is 11.5. The topological polar surface area (TPSA) is 59.1 Å². The molecule has 21 heavy (non-hydrogen) atoms. The van der Waals surface area contributed by atoms with E-state index < -0.39 is 10.0 Å². The fraction of sp³-hybridized carbons (Fsp3) is 0.357. The van der Waals surface area contributed by atoms with Crippen molar-refractivity contribution in [2.24, 2.45) is 0 Å².